The van der Waals surface area contributed by atoms with Gasteiger partial charge in [-0.05, 0) is 43.1 Å². The first-order chi connectivity index (χ1) is 10.7. The third-order valence-electron chi connectivity index (χ3n) is 4.49. The summed E-state index contributed by atoms with van der Waals surface area (Å²) >= 11 is 12.4. The molecular weight excluding hydrogens is 319 g/mol. The third-order valence-corrected chi connectivity index (χ3v) is 5.06. The van der Waals surface area contributed by atoms with Crippen molar-refractivity contribution in [3.63, 3.8) is 0 Å². The number of hydrogen-bond acceptors (Lipinski definition) is 4. The van der Waals surface area contributed by atoms with E-state index in [1.54, 1.807) is 18.3 Å². The van der Waals surface area contributed by atoms with Crippen molar-refractivity contribution in [2.75, 3.05) is 24.5 Å². The number of rotatable bonds is 2. The summed E-state index contributed by atoms with van der Waals surface area (Å²) in [5, 5.41) is 4.84. The second-order valence-electron chi connectivity index (χ2n) is 5.88. The molecule has 2 aliphatic rings. The number of nitrogens with zero attached hydrogens (tertiary/aromatic N) is 3. The second-order valence-corrected chi connectivity index (χ2v) is 6.72. The summed E-state index contributed by atoms with van der Waals surface area (Å²) in [5.41, 5.74) is 1.65. The average molecular weight is 335 g/mol. The predicted octanol–water partition coefficient (Wildman–Crippen LogP) is 3.25. The maximum absolute atomic E-state index is 6.28. The van der Waals surface area contributed by atoms with E-state index in [1.807, 2.05) is 12.1 Å². The molecule has 4 nitrogen and oxygen atoms in total. The number of hydrogen-bond donors (Lipinski definition) is 1. The molecule has 2 fully saturated rings. The molecule has 2 aliphatic heterocycles. The van der Waals surface area contributed by atoms with Gasteiger partial charge in [-0.25, -0.2) is 9.97 Å². The predicted molar refractivity (Wildman–Crippen MR) is 89.6 cm³/mol. The van der Waals surface area contributed by atoms with Crippen LogP contribution in [0.2, 0.25) is 10.0 Å². The van der Waals surface area contributed by atoms with Gasteiger partial charge < -0.3 is 10.2 Å². The van der Waals surface area contributed by atoms with E-state index in [-0.39, 0.29) is 0 Å². The molecule has 4 rings (SSSR count). The smallest absolute Gasteiger partial charge is 0.225 e. The van der Waals surface area contributed by atoms with Crippen LogP contribution in [0.5, 0.6) is 0 Å². The Bertz CT molecular complexity index is 694. The quantitative estimate of drug-likeness (QED) is 0.915. The number of benzene rings is 1. The monoisotopic (exact) mass is 334 g/mol. The van der Waals surface area contributed by atoms with Crippen LogP contribution in [0.25, 0.3) is 11.3 Å². The van der Waals surface area contributed by atoms with Gasteiger partial charge in [-0.2, -0.15) is 0 Å². The Labute approximate surface area is 139 Å². The highest BCUT2D eigenvalue weighted by atomic mass is 35.5. The van der Waals surface area contributed by atoms with E-state index < -0.39 is 0 Å². The summed E-state index contributed by atoms with van der Waals surface area (Å²) in [4.78, 5) is 11.4. The van der Waals surface area contributed by atoms with Crippen molar-refractivity contribution >= 4 is 29.2 Å². The molecule has 1 aromatic heterocycles. The van der Waals surface area contributed by atoms with Gasteiger partial charge in [0.2, 0.25) is 5.95 Å². The van der Waals surface area contributed by atoms with Crippen LogP contribution in [-0.2, 0) is 0 Å². The standard InChI is InChI=1S/C16H16Cl2N4/c17-11-1-2-13(18)12(7-11)14-4-6-20-16(21-14)22-8-10-3-5-19-15(10)9-22/h1-2,4,6-7,10,15,19H,3,5,8-9H2/t10-,15+/m0/s1. The fraction of sp³-hybridized carbons (Fsp3) is 0.375. The van der Waals surface area contributed by atoms with Gasteiger partial charge in [-0.3, -0.25) is 0 Å². The lowest BCUT2D eigenvalue weighted by Gasteiger charge is -2.17. The van der Waals surface area contributed by atoms with Crippen molar-refractivity contribution in [1.82, 2.24) is 15.3 Å². The van der Waals surface area contributed by atoms with E-state index in [2.05, 4.69) is 15.2 Å². The van der Waals surface area contributed by atoms with Crippen molar-refractivity contribution in [3.05, 3.63) is 40.5 Å². The highest BCUT2D eigenvalue weighted by Crippen LogP contribution is 2.31. The number of halogens is 2. The lowest BCUT2D eigenvalue weighted by Crippen LogP contribution is -2.30. The molecular formula is C16H16Cl2N4. The molecule has 3 heterocycles. The highest BCUT2D eigenvalue weighted by Gasteiger charge is 2.36. The molecule has 6 heteroatoms. The summed E-state index contributed by atoms with van der Waals surface area (Å²) < 4.78 is 0. The highest BCUT2D eigenvalue weighted by molar-refractivity contribution is 6.35. The average Bonchev–Trinajstić information content (AvgIpc) is 3.11. The normalized spacial score (nSPS) is 23.8. The molecule has 114 valence electrons. The van der Waals surface area contributed by atoms with Crippen LogP contribution in [0, 0.1) is 5.92 Å². The van der Waals surface area contributed by atoms with Crippen molar-refractivity contribution in [1.29, 1.82) is 0 Å². The molecule has 1 N–H and O–H groups in total. The molecule has 0 amide bonds. The molecule has 2 atom stereocenters. The van der Waals surface area contributed by atoms with Crippen molar-refractivity contribution < 1.29 is 0 Å². The van der Waals surface area contributed by atoms with Crippen LogP contribution in [0.3, 0.4) is 0 Å². The fourth-order valence-electron chi connectivity index (χ4n) is 3.36. The molecule has 0 spiro atoms. The van der Waals surface area contributed by atoms with E-state index in [0.717, 1.165) is 36.8 Å². The van der Waals surface area contributed by atoms with Gasteiger partial charge in [0.1, 0.15) is 0 Å². The Balaban J connectivity index is 1.65. The summed E-state index contributed by atoms with van der Waals surface area (Å²) in [5.74, 6) is 1.48. The van der Waals surface area contributed by atoms with Gasteiger partial charge >= 0.3 is 0 Å². The van der Waals surface area contributed by atoms with E-state index >= 15 is 0 Å². The van der Waals surface area contributed by atoms with Crippen LogP contribution in [0.15, 0.2) is 30.5 Å². The number of anilines is 1. The van der Waals surface area contributed by atoms with Gasteiger partial charge in [0, 0.05) is 35.9 Å². The van der Waals surface area contributed by atoms with Gasteiger partial charge in [-0.15, -0.1) is 0 Å². The molecule has 0 aliphatic carbocycles. The maximum Gasteiger partial charge on any atom is 0.225 e. The van der Waals surface area contributed by atoms with E-state index in [0.29, 0.717) is 22.0 Å². The van der Waals surface area contributed by atoms with Crippen LogP contribution >= 0.6 is 23.2 Å². The van der Waals surface area contributed by atoms with Crippen LogP contribution in [0.4, 0.5) is 5.95 Å². The Morgan fingerprint density at radius 2 is 2.09 bits per heavy atom. The van der Waals surface area contributed by atoms with E-state index in [1.165, 1.54) is 6.42 Å². The van der Waals surface area contributed by atoms with Gasteiger partial charge in [0.25, 0.3) is 0 Å². The maximum atomic E-state index is 6.28. The Morgan fingerprint density at radius 1 is 1.18 bits per heavy atom. The summed E-state index contributed by atoms with van der Waals surface area (Å²) in [6, 6.07) is 7.86. The van der Waals surface area contributed by atoms with Crippen molar-refractivity contribution in [2.24, 2.45) is 5.92 Å². The minimum Gasteiger partial charge on any atom is -0.339 e. The molecule has 0 saturated carbocycles. The summed E-state index contributed by atoms with van der Waals surface area (Å²) in [6.07, 6.45) is 3.03. The molecule has 22 heavy (non-hydrogen) atoms. The van der Waals surface area contributed by atoms with Gasteiger partial charge in [-0.1, -0.05) is 23.2 Å². The first-order valence-corrected chi connectivity index (χ1v) is 8.23. The van der Waals surface area contributed by atoms with E-state index in [4.69, 9.17) is 28.2 Å². The molecule has 0 bridgehead atoms. The zero-order valence-electron chi connectivity index (χ0n) is 12.0. The molecule has 0 unspecified atom stereocenters. The molecule has 2 aromatic rings. The molecule has 0 radical (unpaired) electrons. The number of fused-ring (bicyclic) bond motifs is 1. The van der Waals surface area contributed by atoms with Gasteiger partial charge in [0.15, 0.2) is 0 Å². The Morgan fingerprint density at radius 3 is 2.95 bits per heavy atom. The zero-order valence-corrected chi connectivity index (χ0v) is 13.5. The van der Waals surface area contributed by atoms with Crippen LogP contribution in [0.1, 0.15) is 6.42 Å². The topological polar surface area (TPSA) is 41.1 Å². The Kier molecular flexibility index (Phi) is 3.68. The largest absolute Gasteiger partial charge is 0.339 e. The zero-order chi connectivity index (χ0) is 15.1. The number of aromatic nitrogens is 2. The SMILES string of the molecule is Clc1ccc(Cl)c(-c2ccnc(N3C[C@@H]4CCN[C@@H]4C3)n2)c1. The minimum atomic E-state index is 0.571. The van der Waals surface area contributed by atoms with Gasteiger partial charge in [0.05, 0.1) is 10.7 Å². The lowest BCUT2D eigenvalue weighted by molar-refractivity contribution is 0.556. The van der Waals surface area contributed by atoms with Crippen molar-refractivity contribution in [2.45, 2.75) is 12.5 Å². The fourth-order valence-corrected chi connectivity index (χ4v) is 3.74. The minimum absolute atomic E-state index is 0.571. The lowest BCUT2D eigenvalue weighted by atomic mass is 10.1. The first-order valence-electron chi connectivity index (χ1n) is 7.47. The third kappa shape index (κ3) is 2.56. The van der Waals surface area contributed by atoms with Crippen LogP contribution < -0.4 is 10.2 Å². The van der Waals surface area contributed by atoms with Crippen molar-refractivity contribution in [3.8, 4) is 11.3 Å². The summed E-state index contributed by atoms with van der Waals surface area (Å²) in [7, 11) is 0. The number of nitrogens with one attached hydrogen (secondary N) is 1. The molecule has 2 saturated heterocycles. The van der Waals surface area contributed by atoms with E-state index in [9.17, 15) is 0 Å². The Hall–Kier alpha value is -1.36. The second kappa shape index (κ2) is 5.69. The molecule has 1 aromatic carbocycles. The first kappa shape index (κ1) is 14.2. The van der Waals surface area contributed by atoms with Crippen LogP contribution in [-0.4, -0.2) is 35.6 Å². The summed E-state index contributed by atoms with van der Waals surface area (Å²) in [6.45, 7) is 3.12.